The second-order valence-electron chi connectivity index (χ2n) is 6.16. The van der Waals surface area contributed by atoms with E-state index >= 15 is 0 Å². The molecule has 1 rings (SSSR count). The maximum Gasteiger partial charge on any atom is 0.0320 e. The van der Waals surface area contributed by atoms with Crippen LogP contribution in [-0.2, 0) is 6.42 Å². The van der Waals surface area contributed by atoms with Gasteiger partial charge in [0.2, 0.25) is 0 Å². The molecule has 1 heteroatoms. The van der Waals surface area contributed by atoms with Gasteiger partial charge in [0.05, 0.1) is 0 Å². The quantitative estimate of drug-likeness (QED) is 0.462. The van der Waals surface area contributed by atoms with E-state index < -0.39 is 0 Å². The number of aryl methyl sites for hydroxylation is 1. The third-order valence-corrected chi connectivity index (χ3v) is 4.22. The minimum Gasteiger partial charge on any atom is -0.310 e. The fourth-order valence-electron chi connectivity index (χ4n) is 2.97. The van der Waals surface area contributed by atoms with Crippen molar-refractivity contribution in [2.24, 2.45) is 0 Å². The van der Waals surface area contributed by atoms with Crippen LogP contribution in [-0.4, -0.2) is 6.54 Å². The van der Waals surface area contributed by atoms with E-state index in [1.807, 2.05) is 0 Å². The van der Waals surface area contributed by atoms with Gasteiger partial charge in [-0.2, -0.15) is 0 Å². The van der Waals surface area contributed by atoms with Crippen LogP contribution in [0.3, 0.4) is 0 Å². The summed E-state index contributed by atoms with van der Waals surface area (Å²) in [5.74, 6) is 0. The second-order valence-corrected chi connectivity index (χ2v) is 6.16. The van der Waals surface area contributed by atoms with Gasteiger partial charge in [0.15, 0.2) is 0 Å². The molecule has 0 aliphatic carbocycles. The fourth-order valence-corrected chi connectivity index (χ4v) is 2.97. The van der Waals surface area contributed by atoms with Crippen molar-refractivity contribution < 1.29 is 0 Å². The van der Waals surface area contributed by atoms with Gasteiger partial charge < -0.3 is 5.32 Å². The van der Waals surface area contributed by atoms with Crippen LogP contribution < -0.4 is 5.32 Å². The lowest BCUT2D eigenvalue weighted by molar-refractivity contribution is 0.477. The van der Waals surface area contributed by atoms with Crippen LogP contribution in [0.2, 0.25) is 0 Å². The standard InChI is InChI=1S/C20H35N/c1-4-7-8-9-10-11-13-20(21-6-3)19-16-14-18(12-5-2)15-17-19/h14-17,20-21H,4-13H2,1-3H3. The van der Waals surface area contributed by atoms with Crippen molar-refractivity contribution in [1.29, 1.82) is 0 Å². The largest absolute Gasteiger partial charge is 0.310 e. The maximum atomic E-state index is 3.65. The molecule has 1 atom stereocenters. The monoisotopic (exact) mass is 289 g/mol. The van der Waals surface area contributed by atoms with Crippen molar-refractivity contribution in [2.75, 3.05) is 6.54 Å². The first kappa shape index (κ1) is 18.2. The third kappa shape index (κ3) is 7.66. The number of nitrogens with one attached hydrogen (secondary N) is 1. The molecule has 0 heterocycles. The van der Waals surface area contributed by atoms with Crippen LogP contribution in [0.4, 0.5) is 0 Å². The molecular weight excluding hydrogens is 254 g/mol. The summed E-state index contributed by atoms with van der Waals surface area (Å²) in [6.45, 7) is 7.79. The van der Waals surface area contributed by atoms with Gasteiger partial charge in [0, 0.05) is 6.04 Å². The van der Waals surface area contributed by atoms with Crippen molar-refractivity contribution in [2.45, 2.75) is 84.6 Å². The van der Waals surface area contributed by atoms with Gasteiger partial charge in [0.1, 0.15) is 0 Å². The van der Waals surface area contributed by atoms with Crippen LogP contribution in [0, 0.1) is 0 Å². The van der Waals surface area contributed by atoms with Gasteiger partial charge in [-0.05, 0) is 30.5 Å². The molecule has 1 unspecified atom stereocenters. The molecule has 0 bridgehead atoms. The second kappa shape index (κ2) is 11.8. The smallest absolute Gasteiger partial charge is 0.0320 e. The molecule has 0 saturated heterocycles. The molecule has 0 fully saturated rings. The lowest BCUT2D eigenvalue weighted by Gasteiger charge is -2.19. The highest BCUT2D eigenvalue weighted by Crippen LogP contribution is 2.21. The maximum absolute atomic E-state index is 3.65. The van der Waals surface area contributed by atoms with E-state index in [0.717, 1.165) is 6.54 Å². The Labute approximate surface area is 132 Å². The molecule has 1 aromatic carbocycles. The van der Waals surface area contributed by atoms with Gasteiger partial charge in [-0.25, -0.2) is 0 Å². The average Bonchev–Trinajstić information content (AvgIpc) is 2.51. The zero-order valence-corrected chi connectivity index (χ0v) is 14.5. The Morgan fingerprint density at radius 3 is 2.10 bits per heavy atom. The molecule has 21 heavy (non-hydrogen) atoms. The molecule has 0 radical (unpaired) electrons. The van der Waals surface area contributed by atoms with E-state index in [2.05, 4.69) is 50.4 Å². The third-order valence-electron chi connectivity index (χ3n) is 4.22. The van der Waals surface area contributed by atoms with Gasteiger partial charge >= 0.3 is 0 Å². The van der Waals surface area contributed by atoms with E-state index in [1.54, 1.807) is 0 Å². The van der Waals surface area contributed by atoms with Crippen molar-refractivity contribution >= 4 is 0 Å². The number of rotatable bonds is 12. The van der Waals surface area contributed by atoms with Gasteiger partial charge in [-0.15, -0.1) is 0 Å². The summed E-state index contributed by atoms with van der Waals surface area (Å²) in [6, 6.07) is 9.82. The Bertz CT molecular complexity index is 341. The highest BCUT2D eigenvalue weighted by molar-refractivity contribution is 5.25. The Kier molecular flexibility index (Phi) is 10.2. The zero-order valence-electron chi connectivity index (χ0n) is 14.5. The lowest BCUT2D eigenvalue weighted by atomic mass is 9.98. The molecule has 1 aromatic rings. The molecular formula is C20H35N. The lowest BCUT2D eigenvalue weighted by Crippen LogP contribution is -2.20. The number of benzene rings is 1. The summed E-state index contributed by atoms with van der Waals surface area (Å²) < 4.78 is 0. The molecule has 1 nitrogen and oxygen atoms in total. The fraction of sp³-hybridized carbons (Fsp3) is 0.700. The molecule has 120 valence electrons. The minimum absolute atomic E-state index is 0.539. The Morgan fingerprint density at radius 2 is 1.48 bits per heavy atom. The summed E-state index contributed by atoms with van der Waals surface area (Å²) in [7, 11) is 0. The SMILES string of the molecule is CCCCCCCCC(NCC)c1ccc(CCC)cc1. The van der Waals surface area contributed by atoms with Crippen molar-refractivity contribution in [1.82, 2.24) is 5.32 Å². The molecule has 1 N–H and O–H groups in total. The predicted molar refractivity (Wildman–Crippen MR) is 94.8 cm³/mol. The van der Waals surface area contributed by atoms with Gasteiger partial charge in [-0.1, -0.05) is 90.0 Å². The van der Waals surface area contributed by atoms with Crippen molar-refractivity contribution in [3.05, 3.63) is 35.4 Å². The first-order chi connectivity index (χ1) is 10.3. The normalized spacial score (nSPS) is 12.5. The van der Waals surface area contributed by atoms with E-state index in [-0.39, 0.29) is 0 Å². The number of unbranched alkanes of at least 4 members (excludes halogenated alkanes) is 5. The zero-order chi connectivity index (χ0) is 15.3. The number of hydrogen-bond donors (Lipinski definition) is 1. The highest BCUT2D eigenvalue weighted by atomic mass is 14.9. The average molecular weight is 290 g/mol. The highest BCUT2D eigenvalue weighted by Gasteiger charge is 2.09. The van der Waals surface area contributed by atoms with E-state index in [1.165, 1.54) is 68.9 Å². The summed E-state index contributed by atoms with van der Waals surface area (Å²) in [5.41, 5.74) is 2.93. The van der Waals surface area contributed by atoms with Crippen molar-refractivity contribution in [3.63, 3.8) is 0 Å². The minimum atomic E-state index is 0.539. The molecule has 0 spiro atoms. The summed E-state index contributed by atoms with van der Waals surface area (Å²) in [5, 5.41) is 3.65. The summed E-state index contributed by atoms with van der Waals surface area (Å²) in [4.78, 5) is 0. The Morgan fingerprint density at radius 1 is 0.810 bits per heavy atom. The topological polar surface area (TPSA) is 12.0 Å². The number of hydrogen-bond acceptors (Lipinski definition) is 1. The van der Waals surface area contributed by atoms with Crippen LogP contribution in [0.1, 0.15) is 89.3 Å². The van der Waals surface area contributed by atoms with E-state index in [0.29, 0.717) is 6.04 Å². The molecule has 0 aliphatic heterocycles. The van der Waals surface area contributed by atoms with Crippen molar-refractivity contribution in [3.8, 4) is 0 Å². The first-order valence-electron chi connectivity index (χ1n) is 9.14. The van der Waals surface area contributed by atoms with Gasteiger partial charge in [0.25, 0.3) is 0 Å². The van der Waals surface area contributed by atoms with E-state index in [9.17, 15) is 0 Å². The van der Waals surface area contributed by atoms with Crippen LogP contribution >= 0.6 is 0 Å². The van der Waals surface area contributed by atoms with Crippen LogP contribution in [0.5, 0.6) is 0 Å². The first-order valence-corrected chi connectivity index (χ1v) is 9.14. The summed E-state index contributed by atoms with van der Waals surface area (Å²) >= 11 is 0. The van der Waals surface area contributed by atoms with Crippen LogP contribution in [0.15, 0.2) is 24.3 Å². The Hall–Kier alpha value is -0.820. The van der Waals surface area contributed by atoms with E-state index in [4.69, 9.17) is 0 Å². The molecule has 0 aromatic heterocycles. The van der Waals surface area contributed by atoms with Crippen LogP contribution in [0.25, 0.3) is 0 Å². The summed E-state index contributed by atoms with van der Waals surface area (Å²) in [6.07, 6.45) is 12.0. The predicted octanol–water partition coefficient (Wildman–Crippen LogP) is 6.04. The molecule has 0 amide bonds. The van der Waals surface area contributed by atoms with Gasteiger partial charge in [-0.3, -0.25) is 0 Å². The molecule has 0 saturated carbocycles. The Balaban J connectivity index is 2.40. The molecule has 0 aliphatic rings.